The van der Waals surface area contributed by atoms with E-state index in [4.69, 9.17) is 0 Å². The first-order valence-corrected chi connectivity index (χ1v) is 9.41. The van der Waals surface area contributed by atoms with Crippen LogP contribution in [0.3, 0.4) is 0 Å². The second-order valence-electron chi connectivity index (χ2n) is 6.39. The van der Waals surface area contributed by atoms with Gasteiger partial charge in [-0.05, 0) is 48.2 Å². The van der Waals surface area contributed by atoms with Gasteiger partial charge < -0.3 is 4.90 Å². The van der Waals surface area contributed by atoms with Crippen molar-refractivity contribution < 1.29 is 4.79 Å². The molecule has 1 saturated heterocycles. The van der Waals surface area contributed by atoms with Crippen LogP contribution in [0.5, 0.6) is 0 Å². The van der Waals surface area contributed by atoms with Gasteiger partial charge in [-0.15, -0.1) is 0 Å². The Morgan fingerprint density at radius 2 is 2.12 bits per heavy atom. The van der Waals surface area contributed by atoms with E-state index in [1.165, 1.54) is 11.9 Å². The molecule has 2 aromatic heterocycles. The lowest BCUT2D eigenvalue weighted by Gasteiger charge is -2.30. The van der Waals surface area contributed by atoms with Crippen molar-refractivity contribution in [1.29, 1.82) is 0 Å². The van der Waals surface area contributed by atoms with Crippen LogP contribution < -0.4 is 0 Å². The number of aromatic nitrogens is 2. The summed E-state index contributed by atoms with van der Waals surface area (Å²) in [5, 5.41) is 4.36. The molecule has 5 nitrogen and oxygen atoms in total. The monoisotopic (exact) mass is 344 g/mol. The van der Waals surface area contributed by atoms with Gasteiger partial charge in [0, 0.05) is 50.6 Å². The fourth-order valence-corrected chi connectivity index (χ4v) is 4.01. The average molecular weight is 344 g/mol. The van der Waals surface area contributed by atoms with Gasteiger partial charge >= 0.3 is 0 Å². The topological polar surface area (TPSA) is 49.3 Å². The summed E-state index contributed by atoms with van der Waals surface area (Å²) < 4.78 is 0. The van der Waals surface area contributed by atoms with Gasteiger partial charge in [0.15, 0.2) is 0 Å². The van der Waals surface area contributed by atoms with Crippen molar-refractivity contribution in [2.24, 2.45) is 0 Å². The second kappa shape index (κ2) is 8.35. The number of nitrogens with zero attached hydrogens (tertiary/aromatic N) is 4. The molecule has 1 fully saturated rings. The molecule has 3 heterocycles. The van der Waals surface area contributed by atoms with E-state index in [1.807, 2.05) is 4.90 Å². The molecule has 6 heteroatoms. The van der Waals surface area contributed by atoms with E-state index in [0.717, 1.165) is 44.5 Å². The molecule has 0 radical (unpaired) electrons. The summed E-state index contributed by atoms with van der Waals surface area (Å²) in [6.07, 6.45) is 8.33. The van der Waals surface area contributed by atoms with Crippen LogP contribution in [0.2, 0.25) is 0 Å². The number of rotatable bonds is 5. The van der Waals surface area contributed by atoms with Gasteiger partial charge in [0.25, 0.3) is 0 Å². The summed E-state index contributed by atoms with van der Waals surface area (Å²) in [7, 11) is 0. The normalized spacial score (nSPS) is 19.0. The van der Waals surface area contributed by atoms with Gasteiger partial charge in [-0.3, -0.25) is 9.69 Å². The number of hydrogen-bond acceptors (Lipinski definition) is 5. The molecule has 0 aliphatic carbocycles. The molecule has 1 unspecified atom stereocenters. The Balaban J connectivity index is 1.61. The van der Waals surface area contributed by atoms with Crippen LogP contribution in [0.15, 0.2) is 35.5 Å². The summed E-state index contributed by atoms with van der Waals surface area (Å²) in [6, 6.07) is 2.50. The largest absolute Gasteiger partial charge is 0.335 e. The minimum Gasteiger partial charge on any atom is -0.335 e. The number of hydrogen-bond donors (Lipinski definition) is 0. The van der Waals surface area contributed by atoms with Gasteiger partial charge in [0.05, 0.1) is 0 Å². The van der Waals surface area contributed by atoms with Crippen molar-refractivity contribution >= 4 is 17.2 Å². The minimum atomic E-state index is 0.134. The van der Waals surface area contributed by atoms with Crippen LogP contribution in [-0.2, 0) is 17.9 Å². The molecule has 0 bridgehead atoms. The molecular weight excluding hydrogens is 320 g/mol. The van der Waals surface area contributed by atoms with Crippen molar-refractivity contribution in [2.45, 2.75) is 45.3 Å². The molecule has 1 amide bonds. The lowest BCUT2D eigenvalue weighted by atomic mass is 10.1. The molecule has 3 rings (SSSR count). The minimum absolute atomic E-state index is 0.134. The molecule has 1 atom stereocenters. The Kier molecular flexibility index (Phi) is 5.93. The van der Waals surface area contributed by atoms with E-state index in [2.05, 4.69) is 31.7 Å². The molecule has 0 N–H and O–H groups in total. The maximum Gasteiger partial charge on any atom is 0.219 e. The SMILES string of the molecule is CC(=O)N(Cc1cncnc1)C1CCCN(Cc2ccsc2)CC1. The van der Waals surface area contributed by atoms with E-state index >= 15 is 0 Å². The van der Waals surface area contributed by atoms with E-state index in [0.29, 0.717) is 12.6 Å². The van der Waals surface area contributed by atoms with E-state index in [-0.39, 0.29) is 5.91 Å². The van der Waals surface area contributed by atoms with Crippen LogP contribution in [0.25, 0.3) is 0 Å². The van der Waals surface area contributed by atoms with E-state index < -0.39 is 0 Å². The highest BCUT2D eigenvalue weighted by Crippen LogP contribution is 2.21. The second-order valence-corrected chi connectivity index (χ2v) is 7.17. The summed E-state index contributed by atoms with van der Waals surface area (Å²) in [6.45, 7) is 5.42. The fourth-order valence-electron chi connectivity index (χ4n) is 3.35. The lowest BCUT2D eigenvalue weighted by molar-refractivity contribution is -0.132. The molecule has 1 aliphatic rings. The van der Waals surface area contributed by atoms with Crippen LogP contribution in [0.1, 0.15) is 37.3 Å². The zero-order chi connectivity index (χ0) is 16.8. The molecule has 2 aromatic rings. The Hall–Kier alpha value is -1.79. The highest BCUT2D eigenvalue weighted by Gasteiger charge is 2.24. The highest BCUT2D eigenvalue weighted by molar-refractivity contribution is 7.07. The van der Waals surface area contributed by atoms with Gasteiger partial charge in [-0.1, -0.05) is 0 Å². The molecule has 0 saturated carbocycles. The van der Waals surface area contributed by atoms with Crippen molar-refractivity contribution in [2.75, 3.05) is 13.1 Å². The number of carbonyl (C=O) groups is 1. The number of thiophene rings is 1. The lowest BCUT2D eigenvalue weighted by Crippen LogP contribution is -2.39. The third-order valence-electron chi connectivity index (χ3n) is 4.59. The first-order valence-electron chi connectivity index (χ1n) is 8.47. The van der Waals surface area contributed by atoms with Crippen molar-refractivity contribution in [1.82, 2.24) is 19.8 Å². The fraction of sp³-hybridized carbons (Fsp3) is 0.500. The Bertz CT molecular complexity index is 632. The third kappa shape index (κ3) is 4.61. The van der Waals surface area contributed by atoms with Gasteiger partial charge in [0.2, 0.25) is 5.91 Å². The zero-order valence-corrected chi connectivity index (χ0v) is 14.9. The number of carbonyl (C=O) groups excluding carboxylic acids is 1. The van der Waals surface area contributed by atoms with Crippen molar-refractivity contribution in [3.63, 3.8) is 0 Å². The first kappa shape index (κ1) is 17.0. The van der Waals surface area contributed by atoms with Gasteiger partial charge in [-0.25, -0.2) is 9.97 Å². The summed E-state index contributed by atoms with van der Waals surface area (Å²) in [5.74, 6) is 0.134. The average Bonchev–Trinajstić information content (AvgIpc) is 2.99. The maximum absolute atomic E-state index is 12.2. The predicted molar refractivity (Wildman–Crippen MR) is 95.5 cm³/mol. The smallest absolute Gasteiger partial charge is 0.219 e. The van der Waals surface area contributed by atoms with E-state index in [1.54, 1.807) is 30.7 Å². The van der Waals surface area contributed by atoms with E-state index in [9.17, 15) is 4.79 Å². The molecule has 0 aromatic carbocycles. The van der Waals surface area contributed by atoms with Crippen LogP contribution in [0.4, 0.5) is 0 Å². The highest BCUT2D eigenvalue weighted by atomic mass is 32.1. The van der Waals surface area contributed by atoms with Crippen LogP contribution in [-0.4, -0.2) is 44.8 Å². The standard InChI is InChI=1S/C18H24N4OS/c1-15(23)22(12-17-9-19-14-20-10-17)18-3-2-6-21(7-4-18)11-16-5-8-24-13-16/h5,8-10,13-14,18H,2-4,6-7,11-12H2,1H3. The predicted octanol–water partition coefficient (Wildman–Crippen LogP) is 2.94. The van der Waals surface area contributed by atoms with Crippen LogP contribution >= 0.6 is 11.3 Å². The van der Waals surface area contributed by atoms with Gasteiger partial charge in [-0.2, -0.15) is 11.3 Å². The quantitative estimate of drug-likeness (QED) is 0.837. The Morgan fingerprint density at radius 3 is 2.83 bits per heavy atom. The van der Waals surface area contributed by atoms with Crippen molar-refractivity contribution in [3.8, 4) is 0 Å². The maximum atomic E-state index is 12.2. The Labute approximate surface area is 147 Å². The zero-order valence-electron chi connectivity index (χ0n) is 14.1. The third-order valence-corrected chi connectivity index (χ3v) is 5.32. The van der Waals surface area contributed by atoms with Gasteiger partial charge in [0.1, 0.15) is 6.33 Å². The van der Waals surface area contributed by atoms with Crippen LogP contribution in [0, 0.1) is 0 Å². The molecular formula is C18H24N4OS. The number of likely N-dealkylation sites (tertiary alicyclic amines) is 1. The first-order chi connectivity index (χ1) is 11.7. The van der Waals surface area contributed by atoms with Crippen molar-refractivity contribution in [3.05, 3.63) is 46.7 Å². The molecule has 0 spiro atoms. The molecule has 128 valence electrons. The molecule has 1 aliphatic heterocycles. The Morgan fingerprint density at radius 1 is 1.29 bits per heavy atom. The summed E-state index contributed by atoms with van der Waals surface area (Å²) in [5.41, 5.74) is 2.38. The summed E-state index contributed by atoms with van der Waals surface area (Å²) >= 11 is 1.75. The molecule has 24 heavy (non-hydrogen) atoms. The number of amides is 1. The summed E-state index contributed by atoms with van der Waals surface area (Å²) in [4.78, 5) is 24.8.